The third-order valence-corrected chi connectivity index (χ3v) is 4.52. The van der Waals surface area contributed by atoms with E-state index in [1.165, 1.54) is 0 Å². The molecule has 1 saturated heterocycles. The predicted octanol–water partition coefficient (Wildman–Crippen LogP) is 4.66. The first-order valence-electron chi connectivity index (χ1n) is 7.13. The lowest BCUT2D eigenvalue weighted by atomic mass is 9.92. The van der Waals surface area contributed by atoms with Crippen molar-refractivity contribution in [2.45, 2.75) is 48.8 Å². The Kier molecular flexibility index (Phi) is 5.45. The van der Waals surface area contributed by atoms with E-state index in [-0.39, 0.29) is 0 Å². The second kappa shape index (κ2) is 6.23. The molecule has 1 amide bonds. The fourth-order valence-electron chi connectivity index (χ4n) is 2.61. The number of carbonyl (C=O) groups is 1. The Morgan fingerprint density at radius 3 is 1.57 bits per heavy atom. The summed E-state index contributed by atoms with van der Waals surface area (Å²) in [5.74, 6) is -38.6. The van der Waals surface area contributed by atoms with Gasteiger partial charge in [-0.15, -0.1) is 0 Å². The summed E-state index contributed by atoms with van der Waals surface area (Å²) < 4.78 is 168. The summed E-state index contributed by atoms with van der Waals surface area (Å²) >= 11 is 0. The van der Waals surface area contributed by atoms with Gasteiger partial charge in [-0.3, -0.25) is 0 Å². The van der Waals surface area contributed by atoms with Gasteiger partial charge in [-0.2, -0.15) is 57.1 Å². The first-order chi connectivity index (χ1) is 12.1. The Morgan fingerprint density at radius 2 is 1.25 bits per heavy atom. The van der Waals surface area contributed by atoms with Gasteiger partial charge in [0.05, 0.1) is 6.54 Å². The van der Waals surface area contributed by atoms with E-state index in [0.29, 0.717) is 6.08 Å². The van der Waals surface area contributed by atoms with Crippen molar-refractivity contribution in [3.63, 3.8) is 0 Å². The highest BCUT2D eigenvalue weighted by Gasteiger charge is 2.94. The van der Waals surface area contributed by atoms with Crippen LogP contribution in [0.15, 0.2) is 12.7 Å². The maximum atomic E-state index is 14.0. The van der Waals surface area contributed by atoms with Crippen LogP contribution in [0.5, 0.6) is 0 Å². The molecule has 0 spiro atoms. The zero-order valence-corrected chi connectivity index (χ0v) is 13.5. The molecule has 0 N–H and O–H groups in total. The van der Waals surface area contributed by atoms with Crippen molar-refractivity contribution in [1.29, 1.82) is 0 Å². The fourth-order valence-corrected chi connectivity index (χ4v) is 2.61. The summed E-state index contributed by atoms with van der Waals surface area (Å²) in [6, 6.07) is -3.07. The van der Waals surface area contributed by atoms with Gasteiger partial charge in [0.1, 0.15) is 6.54 Å². The molecular weight excluding hydrogens is 433 g/mol. The van der Waals surface area contributed by atoms with E-state index >= 15 is 0 Å². The number of hydrogen-bond donors (Lipinski definition) is 0. The number of rotatable bonds is 7. The molecule has 0 aromatic rings. The van der Waals surface area contributed by atoms with Gasteiger partial charge in [0.2, 0.25) is 6.04 Å². The van der Waals surface area contributed by atoms with Gasteiger partial charge in [-0.1, -0.05) is 6.58 Å². The number of halogens is 13. The summed E-state index contributed by atoms with van der Waals surface area (Å²) in [5, 5.41) is 0. The first kappa shape index (κ1) is 24.5. The summed E-state index contributed by atoms with van der Waals surface area (Å²) in [6.45, 7) is 1.81. The van der Waals surface area contributed by atoms with E-state index in [1.54, 1.807) is 0 Å². The molecule has 2 nitrogen and oxygen atoms in total. The molecule has 2 atom stereocenters. The van der Waals surface area contributed by atoms with Crippen LogP contribution in [-0.2, 0) is 4.79 Å². The lowest BCUT2D eigenvalue weighted by molar-refractivity contribution is -0.739. The summed E-state index contributed by atoms with van der Waals surface area (Å²) in [4.78, 5) is 11.5. The number of amides is 1. The molecule has 1 rings (SSSR count). The van der Waals surface area contributed by atoms with Gasteiger partial charge in [-0.25, -0.2) is 9.28 Å². The molecule has 1 aliphatic heterocycles. The number of quaternary nitrogens is 1. The smallest absolute Gasteiger partial charge is 0.239 e. The summed E-state index contributed by atoms with van der Waals surface area (Å²) in [6.07, 6.45) is -7.10. The lowest BCUT2D eigenvalue weighted by Gasteiger charge is -2.39. The highest BCUT2D eigenvalue weighted by atomic mass is 19.4. The Hall–Kier alpha value is -1.54. The molecule has 0 aromatic heterocycles. The minimum absolute atomic E-state index is 0.349. The topological polar surface area (TPSA) is 17.1 Å². The lowest BCUT2D eigenvalue weighted by Crippen LogP contribution is -2.71. The normalized spacial score (nSPS) is 24.9. The fraction of sp³-hybridized carbons (Fsp3) is 0.769. The zero-order chi connectivity index (χ0) is 22.8. The van der Waals surface area contributed by atoms with Crippen LogP contribution in [0, 0.1) is 0 Å². The predicted molar refractivity (Wildman–Crippen MR) is 65.5 cm³/mol. The third kappa shape index (κ3) is 2.79. The van der Waals surface area contributed by atoms with Crippen LogP contribution in [0.4, 0.5) is 57.1 Å². The largest absolute Gasteiger partial charge is 0.460 e. The third-order valence-electron chi connectivity index (χ3n) is 4.52. The van der Waals surface area contributed by atoms with E-state index in [0.717, 1.165) is 6.92 Å². The quantitative estimate of drug-likeness (QED) is 0.242. The molecule has 15 heteroatoms. The molecule has 1 heterocycles. The number of alkyl halides is 13. The van der Waals surface area contributed by atoms with Gasteiger partial charge in [0.15, 0.2) is 0 Å². The number of hydrogen-bond acceptors (Lipinski definition) is 1. The Bertz CT molecular complexity index is 653. The van der Waals surface area contributed by atoms with E-state index < -0.39 is 65.3 Å². The minimum atomic E-state index is -7.94. The zero-order valence-electron chi connectivity index (χ0n) is 13.5. The van der Waals surface area contributed by atoms with Crippen molar-refractivity contribution < 1.29 is 66.4 Å². The molecule has 0 radical (unpaired) electrons. The maximum absolute atomic E-state index is 14.0. The molecule has 1 aliphatic rings. The van der Waals surface area contributed by atoms with E-state index in [2.05, 4.69) is 6.58 Å². The Labute approximate surface area is 148 Å². The molecule has 164 valence electrons. The molecule has 2 unspecified atom stereocenters. The number of nitrogens with zero attached hydrogens (tertiary/aromatic N) is 1. The monoisotopic (exact) mass is 444 g/mol. The van der Waals surface area contributed by atoms with Crippen molar-refractivity contribution in [1.82, 2.24) is 0 Å². The molecule has 0 saturated carbocycles. The van der Waals surface area contributed by atoms with Crippen LogP contribution in [0.25, 0.3) is 0 Å². The van der Waals surface area contributed by atoms with Crippen LogP contribution in [0.3, 0.4) is 0 Å². The molecule has 0 bridgehead atoms. The Balaban J connectivity index is 3.48. The first-order valence-corrected chi connectivity index (χ1v) is 7.13. The average Bonchev–Trinajstić information content (AvgIpc) is 3.29. The highest BCUT2D eigenvalue weighted by molar-refractivity contribution is 5.82. The van der Waals surface area contributed by atoms with Crippen molar-refractivity contribution in [3.05, 3.63) is 12.7 Å². The van der Waals surface area contributed by atoms with Crippen LogP contribution in [0.2, 0.25) is 0 Å². The number of carbonyl (C=O) groups excluding carboxylic acids is 1. The van der Waals surface area contributed by atoms with E-state index in [4.69, 9.17) is 0 Å². The SMILES string of the molecule is C=CC(=O)[N+]1(CC)CC1C(F)(F)C(F)(F)C(F)(F)C(F)(F)C(F)(F)C(F)(F)F. The molecular formula is C13H11F13NO+. The molecule has 0 aromatic carbocycles. The average molecular weight is 444 g/mol. The van der Waals surface area contributed by atoms with Gasteiger partial charge in [-0.05, 0) is 6.92 Å². The van der Waals surface area contributed by atoms with Crippen molar-refractivity contribution in [2.75, 3.05) is 13.1 Å². The Morgan fingerprint density at radius 1 is 0.857 bits per heavy atom. The van der Waals surface area contributed by atoms with Crippen LogP contribution in [0.1, 0.15) is 6.92 Å². The van der Waals surface area contributed by atoms with Gasteiger partial charge in [0.25, 0.3) is 0 Å². The van der Waals surface area contributed by atoms with Crippen molar-refractivity contribution >= 4 is 5.91 Å². The molecule has 1 fully saturated rings. The van der Waals surface area contributed by atoms with Crippen molar-refractivity contribution in [3.8, 4) is 0 Å². The van der Waals surface area contributed by atoms with E-state index in [9.17, 15) is 61.9 Å². The van der Waals surface area contributed by atoms with Gasteiger partial charge < -0.3 is 0 Å². The summed E-state index contributed by atoms with van der Waals surface area (Å²) in [7, 11) is 0. The molecule has 28 heavy (non-hydrogen) atoms. The second-order valence-corrected chi connectivity index (χ2v) is 6.01. The van der Waals surface area contributed by atoms with Gasteiger partial charge >= 0.3 is 41.7 Å². The summed E-state index contributed by atoms with van der Waals surface area (Å²) in [5.41, 5.74) is 0. The van der Waals surface area contributed by atoms with Gasteiger partial charge in [0, 0.05) is 6.08 Å². The standard InChI is InChI=1S/C13H11F13NO/c1-3-7(28)27(4-2)5-6(27)8(14,15)9(16,17)10(18,19)11(20,21)12(22,23)13(24,25)26/h3,6H,1,4-5H2,2H3/q+1. The van der Waals surface area contributed by atoms with Crippen LogP contribution < -0.4 is 0 Å². The maximum Gasteiger partial charge on any atom is 0.460 e. The number of likely N-dealkylation sites (N-methyl/N-ethyl adjacent to an activating group) is 1. The minimum Gasteiger partial charge on any atom is -0.239 e. The second-order valence-electron chi connectivity index (χ2n) is 6.01. The molecule has 0 aliphatic carbocycles. The van der Waals surface area contributed by atoms with E-state index in [1.807, 2.05) is 0 Å². The van der Waals surface area contributed by atoms with Crippen LogP contribution in [-0.4, -0.2) is 65.3 Å². The van der Waals surface area contributed by atoms with Crippen molar-refractivity contribution in [2.24, 2.45) is 0 Å². The highest BCUT2D eigenvalue weighted by Crippen LogP contribution is 2.62. The van der Waals surface area contributed by atoms with Crippen LogP contribution >= 0.6 is 0 Å².